The highest BCUT2D eigenvalue weighted by molar-refractivity contribution is 6.37. The van der Waals surface area contributed by atoms with Gasteiger partial charge in [0.25, 0.3) is 0 Å². The van der Waals surface area contributed by atoms with E-state index in [1.165, 1.54) is 6.08 Å². The van der Waals surface area contributed by atoms with Gasteiger partial charge in [0.1, 0.15) is 0 Å². The second-order valence-electron chi connectivity index (χ2n) is 2.29. The van der Waals surface area contributed by atoms with E-state index in [9.17, 15) is 9.90 Å². The average molecular weight is 216 g/mol. The average Bonchev–Trinajstić information content (AvgIpc) is 2.03. The summed E-state index contributed by atoms with van der Waals surface area (Å²) in [7, 11) is 0. The maximum Gasteiger partial charge on any atom is 0.0643 e. The summed E-state index contributed by atoms with van der Waals surface area (Å²) in [6.45, 7) is 0. The molecule has 0 radical (unpaired) electrons. The van der Waals surface area contributed by atoms with E-state index in [0.29, 0.717) is 15.6 Å². The number of carbonyl (C=O) groups is 1. The van der Waals surface area contributed by atoms with E-state index in [-0.39, 0.29) is 0 Å². The van der Waals surface area contributed by atoms with Crippen LogP contribution in [0.4, 0.5) is 0 Å². The lowest BCUT2D eigenvalue weighted by molar-refractivity contribution is -0.297. The molecule has 13 heavy (non-hydrogen) atoms. The van der Waals surface area contributed by atoms with Crippen molar-refractivity contribution in [3.05, 3.63) is 39.9 Å². The van der Waals surface area contributed by atoms with Gasteiger partial charge < -0.3 is 9.90 Å². The van der Waals surface area contributed by atoms with Crippen molar-refractivity contribution >= 4 is 35.2 Å². The van der Waals surface area contributed by atoms with Crippen LogP contribution in [0.25, 0.3) is 6.08 Å². The van der Waals surface area contributed by atoms with Crippen molar-refractivity contribution in [1.29, 1.82) is 0 Å². The molecule has 0 aliphatic carbocycles. The van der Waals surface area contributed by atoms with Gasteiger partial charge in [0, 0.05) is 15.6 Å². The minimum absolute atomic E-state index is 0.407. The molecule has 0 spiro atoms. The van der Waals surface area contributed by atoms with Crippen LogP contribution < -0.4 is 5.11 Å². The molecule has 0 aliphatic rings. The first-order valence-corrected chi connectivity index (χ1v) is 4.20. The Kier molecular flexibility index (Phi) is 3.34. The topological polar surface area (TPSA) is 40.1 Å². The first-order chi connectivity index (χ1) is 6.11. The molecule has 0 atom stereocenters. The van der Waals surface area contributed by atoms with Crippen molar-refractivity contribution in [2.45, 2.75) is 0 Å². The third kappa shape index (κ3) is 2.76. The van der Waals surface area contributed by atoms with Crippen LogP contribution in [0.15, 0.2) is 24.3 Å². The molecule has 0 heterocycles. The molecule has 1 aromatic carbocycles. The van der Waals surface area contributed by atoms with Gasteiger partial charge in [0.2, 0.25) is 0 Å². The number of halogens is 2. The summed E-state index contributed by atoms with van der Waals surface area (Å²) in [4.78, 5) is 10.1. The Morgan fingerprint density at radius 1 is 1.31 bits per heavy atom. The number of aliphatic carboxylic acids is 1. The minimum Gasteiger partial charge on any atom is -0.545 e. The molecule has 0 bridgehead atoms. The van der Waals surface area contributed by atoms with Crippen molar-refractivity contribution < 1.29 is 9.90 Å². The molecular weight excluding hydrogens is 211 g/mol. The van der Waals surface area contributed by atoms with Crippen LogP contribution in [-0.4, -0.2) is 5.97 Å². The summed E-state index contributed by atoms with van der Waals surface area (Å²) in [5, 5.41) is 10.9. The predicted molar refractivity (Wildman–Crippen MR) is 50.5 cm³/mol. The third-order valence-corrected chi connectivity index (χ3v) is 2.04. The monoisotopic (exact) mass is 215 g/mol. The van der Waals surface area contributed by atoms with E-state index in [0.717, 1.165) is 6.08 Å². The third-order valence-electron chi connectivity index (χ3n) is 1.39. The summed E-state index contributed by atoms with van der Waals surface area (Å²) in [5.41, 5.74) is 0.482. The van der Waals surface area contributed by atoms with Gasteiger partial charge in [-0.05, 0) is 18.2 Å². The highest BCUT2D eigenvalue weighted by Crippen LogP contribution is 2.25. The van der Waals surface area contributed by atoms with Gasteiger partial charge in [0.15, 0.2) is 0 Å². The SMILES string of the molecule is O=C([O-])/C=C/c1c(Cl)cccc1Cl. The maximum atomic E-state index is 10.1. The van der Waals surface area contributed by atoms with Gasteiger partial charge in [-0.1, -0.05) is 35.3 Å². The molecule has 0 N–H and O–H groups in total. The molecule has 1 aromatic rings. The number of carboxylic acids is 1. The number of hydrogen-bond acceptors (Lipinski definition) is 2. The quantitative estimate of drug-likeness (QED) is 0.706. The van der Waals surface area contributed by atoms with E-state index >= 15 is 0 Å². The van der Waals surface area contributed by atoms with E-state index in [4.69, 9.17) is 23.2 Å². The summed E-state index contributed by atoms with van der Waals surface area (Å²) in [5.74, 6) is -1.28. The summed E-state index contributed by atoms with van der Waals surface area (Å²) in [6.07, 6.45) is 2.19. The predicted octanol–water partition coefficient (Wildman–Crippen LogP) is 1.76. The molecule has 0 aliphatic heterocycles. The van der Waals surface area contributed by atoms with Crippen LogP contribution in [-0.2, 0) is 4.79 Å². The Balaban J connectivity index is 3.06. The Morgan fingerprint density at radius 2 is 1.85 bits per heavy atom. The molecule has 0 saturated carbocycles. The fraction of sp³-hybridized carbons (Fsp3) is 0. The van der Waals surface area contributed by atoms with Crippen molar-refractivity contribution in [2.75, 3.05) is 0 Å². The number of benzene rings is 1. The van der Waals surface area contributed by atoms with Crippen LogP contribution in [0.2, 0.25) is 10.0 Å². The molecule has 68 valence electrons. The fourth-order valence-corrected chi connectivity index (χ4v) is 1.34. The largest absolute Gasteiger partial charge is 0.545 e. The van der Waals surface area contributed by atoms with E-state index in [1.54, 1.807) is 18.2 Å². The van der Waals surface area contributed by atoms with Gasteiger partial charge in [0.05, 0.1) is 5.97 Å². The van der Waals surface area contributed by atoms with Crippen molar-refractivity contribution in [3.63, 3.8) is 0 Å². The number of carbonyl (C=O) groups excluding carboxylic acids is 1. The van der Waals surface area contributed by atoms with Crippen molar-refractivity contribution in [2.24, 2.45) is 0 Å². The van der Waals surface area contributed by atoms with Gasteiger partial charge in [-0.15, -0.1) is 0 Å². The fourth-order valence-electron chi connectivity index (χ4n) is 0.821. The Morgan fingerprint density at radius 3 is 2.31 bits per heavy atom. The smallest absolute Gasteiger partial charge is 0.0643 e. The lowest BCUT2D eigenvalue weighted by Crippen LogP contribution is -2.18. The molecule has 2 nitrogen and oxygen atoms in total. The number of rotatable bonds is 2. The molecule has 0 fully saturated rings. The number of carboxylic acid groups (broad SMARTS) is 1. The van der Waals surface area contributed by atoms with E-state index in [2.05, 4.69) is 0 Å². The molecule has 0 aromatic heterocycles. The lowest BCUT2D eigenvalue weighted by Gasteiger charge is -2.00. The van der Waals surface area contributed by atoms with Gasteiger partial charge in [-0.3, -0.25) is 0 Å². The molecule has 4 heteroatoms. The summed E-state index contributed by atoms with van der Waals surface area (Å²) < 4.78 is 0. The summed E-state index contributed by atoms with van der Waals surface area (Å²) >= 11 is 11.5. The second kappa shape index (κ2) is 4.30. The van der Waals surface area contributed by atoms with Crippen LogP contribution in [0, 0.1) is 0 Å². The van der Waals surface area contributed by atoms with Crippen LogP contribution >= 0.6 is 23.2 Å². The van der Waals surface area contributed by atoms with Gasteiger partial charge in [-0.2, -0.15) is 0 Å². The molecule has 1 rings (SSSR count). The molecule has 0 amide bonds. The maximum absolute atomic E-state index is 10.1. The van der Waals surface area contributed by atoms with Crippen LogP contribution in [0.5, 0.6) is 0 Å². The zero-order valence-corrected chi connectivity index (χ0v) is 7.97. The first kappa shape index (κ1) is 10.1. The first-order valence-electron chi connectivity index (χ1n) is 3.44. The highest BCUT2D eigenvalue weighted by atomic mass is 35.5. The van der Waals surface area contributed by atoms with Crippen molar-refractivity contribution in [3.8, 4) is 0 Å². The number of hydrogen-bond donors (Lipinski definition) is 0. The van der Waals surface area contributed by atoms with E-state index in [1.807, 2.05) is 0 Å². The normalized spacial score (nSPS) is 10.6. The molecular formula is C9H5Cl2O2-. The Labute approximate surface area is 85.4 Å². The van der Waals surface area contributed by atoms with E-state index < -0.39 is 5.97 Å². The van der Waals surface area contributed by atoms with Gasteiger partial charge in [-0.25, -0.2) is 0 Å². The lowest BCUT2D eigenvalue weighted by atomic mass is 10.2. The Bertz CT molecular complexity index is 338. The Hall–Kier alpha value is -0.990. The standard InChI is InChI=1S/C9H6Cl2O2/c10-7-2-1-3-8(11)6(7)4-5-9(12)13/h1-5H,(H,12,13)/p-1/b5-4+. The van der Waals surface area contributed by atoms with Gasteiger partial charge >= 0.3 is 0 Å². The summed E-state index contributed by atoms with van der Waals surface area (Å²) in [6, 6.07) is 4.94. The second-order valence-corrected chi connectivity index (χ2v) is 3.10. The zero-order valence-electron chi connectivity index (χ0n) is 6.46. The van der Waals surface area contributed by atoms with Crippen molar-refractivity contribution in [1.82, 2.24) is 0 Å². The zero-order chi connectivity index (χ0) is 9.84. The molecule has 0 unspecified atom stereocenters. The minimum atomic E-state index is -1.28. The highest BCUT2D eigenvalue weighted by Gasteiger charge is 2.00. The molecule has 0 saturated heterocycles. The van der Waals surface area contributed by atoms with Crippen LogP contribution in [0.3, 0.4) is 0 Å². The van der Waals surface area contributed by atoms with Crippen LogP contribution in [0.1, 0.15) is 5.56 Å².